The van der Waals surface area contributed by atoms with Crippen LogP contribution in [-0.4, -0.2) is 46.6 Å². The summed E-state index contributed by atoms with van der Waals surface area (Å²) in [6, 6.07) is 14.3. The quantitative estimate of drug-likeness (QED) is 0.365. The summed E-state index contributed by atoms with van der Waals surface area (Å²) in [6.07, 6.45) is 3.01. The fourth-order valence-electron chi connectivity index (χ4n) is 5.69. The first kappa shape index (κ1) is 25.1. The zero-order valence-electron chi connectivity index (χ0n) is 21.7. The van der Waals surface area contributed by atoms with E-state index in [9.17, 15) is 19.1 Å². The average molecular weight is 529 g/mol. The number of benzene rings is 2. The second-order valence-corrected chi connectivity index (χ2v) is 10.3. The van der Waals surface area contributed by atoms with Crippen LogP contribution in [0.2, 0.25) is 0 Å². The van der Waals surface area contributed by atoms with Gasteiger partial charge < -0.3 is 19.5 Å². The Bertz CT molecular complexity index is 1510. The molecule has 1 N–H and O–H groups in total. The molecule has 0 unspecified atom stereocenters. The maximum absolute atomic E-state index is 14.7. The van der Waals surface area contributed by atoms with E-state index >= 15 is 0 Å². The highest BCUT2D eigenvalue weighted by Crippen LogP contribution is 2.55. The van der Waals surface area contributed by atoms with Gasteiger partial charge in [0.05, 0.1) is 6.61 Å². The Hall–Kier alpha value is -4.20. The van der Waals surface area contributed by atoms with Crippen LogP contribution < -0.4 is 9.47 Å². The molecule has 2 aromatic carbocycles. The smallest absolute Gasteiger partial charge is 0.332 e. The van der Waals surface area contributed by atoms with Crippen LogP contribution in [0.15, 0.2) is 54.1 Å². The number of aromatic nitrogens is 1. The van der Waals surface area contributed by atoms with Gasteiger partial charge in [0.25, 0.3) is 0 Å². The minimum atomic E-state index is -0.837. The number of nitrogens with zero attached hydrogens (tertiary/aromatic N) is 2. The van der Waals surface area contributed by atoms with E-state index in [4.69, 9.17) is 9.47 Å². The number of hydrogen-bond donors (Lipinski definition) is 1. The maximum Gasteiger partial charge on any atom is 0.332 e. The fraction of sp³-hybridized carbons (Fsp3) is 0.323. The third-order valence-electron chi connectivity index (χ3n) is 7.73. The highest BCUT2D eigenvalue weighted by Gasteiger charge is 2.47. The summed E-state index contributed by atoms with van der Waals surface area (Å²) < 4.78 is 26.4. The number of allylic oxidation sites excluding steroid dienone is 1. The van der Waals surface area contributed by atoms with Gasteiger partial charge >= 0.3 is 5.97 Å². The predicted octanol–water partition coefficient (Wildman–Crippen LogP) is 5.19. The Morgan fingerprint density at radius 3 is 2.74 bits per heavy atom. The van der Waals surface area contributed by atoms with Crippen LogP contribution in [0.4, 0.5) is 4.39 Å². The number of halogens is 1. The summed E-state index contributed by atoms with van der Waals surface area (Å²) in [6.45, 7) is 3.97. The summed E-state index contributed by atoms with van der Waals surface area (Å²) in [5.74, 6) is 0.210. The van der Waals surface area contributed by atoms with Crippen molar-refractivity contribution in [1.29, 1.82) is 0 Å². The number of likely N-dealkylation sites (tertiary alicyclic amines) is 1. The van der Waals surface area contributed by atoms with E-state index in [1.54, 1.807) is 12.1 Å². The molecule has 0 bridgehead atoms. The lowest BCUT2D eigenvalue weighted by molar-refractivity contribution is -0.132. The molecule has 2 heterocycles. The lowest BCUT2D eigenvalue weighted by atomic mass is 10.0. The molecule has 3 aliphatic rings. The number of carbonyl (C=O) groups is 2. The molecule has 1 saturated heterocycles. The predicted molar refractivity (Wildman–Crippen MR) is 143 cm³/mol. The van der Waals surface area contributed by atoms with Gasteiger partial charge in [0.15, 0.2) is 0 Å². The van der Waals surface area contributed by atoms with Crippen molar-refractivity contribution in [3.63, 3.8) is 0 Å². The number of hydrogen-bond acceptors (Lipinski definition) is 5. The molecule has 0 radical (unpaired) electrons. The van der Waals surface area contributed by atoms with Gasteiger partial charge in [-0.3, -0.25) is 4.79 Å². The first-order valence-corrected chi connectivity index (χ1v) is 13.3. The molecule has 1 aromatic heterocycles. The first-order chi connectivity index (χ1) is 18.9. The molecule has 0 saturated carbocycles. The van der Waals surface area contributed by atoms with Gasteiger partial charge in [-0.15, -0.1) is 0 Å². The van der Waals surface area contributed by atoms with Crippen molar-refractivity contribution >= 4 is 17.4 Å². The fourth-order valence-corrected chi connectivity index (χ4v) is 5.69. The second kappa shape index (κ2) is 10.2. The normalized spacial score (nSPS) is 17.3. The van der Waals surface area contributed by atoms with Crippen LogP contribution in [0.1, 0.15) is 41.6 Å². The van der Waals surface area contributed by atoms with E-state index in [0.29, 0.717) is 48.8 Å². The highest BCUT2D eigenvalue weighted by atomic mass is 19.1. The molecule has 1 atom stereocenters. The number of amides is 1. The van der Waals surface area contributed by atoms with Crippen LogP contribution in [0.5, 0.6) is 11.6 Å². The number of aliphatic carboxylic acids is 1. The molecule has 3 aromatic rings. The number of aryl methyl sites for hydroxylation is 1. The Morgan fingerprint density at radius 1 is 1.13 bits per heavy atom. The molecule has 1 aliphatic heterocycles. The van der Waals surface area contributed by atoms with Gasteiger partial charge in [-0.1, -0.05) is 12.1 Å². The Labute approximate surface area is 225 Å². The summed E-state index contributed by atoms with van der Waals surface area (Å²) >= 11 is 0. The van der Waals surface area contributed by atoms with E-state index in [0.717, 1.165) is 52.9 Å². The van der Waals surface area contributed by atoms with Crippen molar-refractivity contribution in [2.45, 2.75) is 39.2 Å². The van der Waals surface area contributed by atoms with Crippen LogP contribution in [0, 0.1) is 18.7 Å². The number of rotatable bonds is 10. The van der Waals surface area contributed by atoms with Gasteiger partial charge in [-0.2, -0.15) is 0 Å². The number of carboxylic acid groups (broad SMARTS) is 1. The summed E-state index contributed by atoms with van der Waals surface area (Å²) in [5, 5.41) is 9.26. The second-order valence-electron chi connectivity index (χ2n) is 10.3. The lowest BCUT2D eigenvalue weighted by Crippen LogP contribution is -2.26. The van der Waals surface area contributed by atoms with Gasteiger partial charge in [0.1, 0.15) is 18.2 Å². The highest BCUT2D eigenvalue weighted by molar-refractivity contribution is 6.11. The zero-order chi connectivity index (χ0) is 27.1. The number of carbonyl (C=O) groups excluding carboxylic acids is 1. The van der Waals surface area contributed by atoms with Gasteiger partial charge in [-0.05, 0) is 78.8 Å². The van der Waals surface area contributed by atoms with Crippen molar-refractivity contribution < 1.29 is 28.6 Å². The maximum atomic E-state index is 14.7. The molecule has 1 amide bonds. The number of carboxylic acids is 1. The Morgan fingerprint density at radius 2 is 1.97 bits per heavy atom. The monoisotopic (exact) mass is 528 g/mol. The standard InChI is InChI=1S/C31H29FN2O5/c1-18-23(8-10-27(33-18)38-13-3-12-34-11-2-4-28(34)35)19-5-9-26(32)21(14-19)17-39-22-6-7-24-20(15-22)16-25-29(24)30(25)31(36)37/h5-10,14-15,25H,2-4,11-13,16-17H2,1H3,(H,36,37)/t25-/m1/s1. The van der Waals surface area contributed by atoms with E-state index in [2.05, 4.69) is 4.98 Å². The largest absolute Gasteiger partial charge is 0.489 e. The molecule has 39 heavy (non-hydrogen) atoms. The van der Waals surface area contributed by atoms with Crippen LogP contribution >= 0.6 is 0 Å². The summed E-state index contributed by atoms with van der Waals surface area (Å²) in [7, 11) is 0. The van der Waals surface area contributed by atoms with E-state index in [-0.39, 0.29) is 24.2 Å². The van der Waals surface area contributed by atoms with E-state index < -0.39 is 5.97 Å². The number of ether oxygens (including phenoxy) is 2. The van der Waals surface area contributed by atoms with Gasteiger partial charge in [-0.25, -0.2) is 14.2 Å². The zero-order valence-corrected chi connectivity index (χ0v) is 21.7. The molecule has 2 aliphatic carbocycles. The van der Waals surface area contributed by atoms with Gasteiger partial charge in [0, 0.05) is 53.9 Å². The third kappa shape index (κ3) is 4.99. The third-order valence-corrected chi connectivity index (χ3v) is 7.73. The topological polar surface area (TPSA) is 89.0 Å². The lowest BCUT2D eigenvalue weighted by Gasteiger charge is -2.15. The van der Waals surface area contributed by atoms with Crippen molar-refractivity contribution in [3.05, 3.63) is 82.3 Å². The molecule has 8 heteroatoms. The van der Waals surface area contributed by atoms with Crippen LogP contribution in [-0.2, 0) is 22.6 Å². The average Bonchev–Trinajstić information content (AvgIpc) is 3.28. The Kier molecular flexibility index (Phi) is 6.54. The Balaban J connectivity index is 1.08. The minimum Gasteiger partial charge on any atom is -0.489 e. The van der Waals surface area contributed by atoms with Crippen molar-refractivity contribution in [2.24, 2.45) is 5.92 Å². The summed E-state index contributed by atoms with van der Waals surface area (Å²) in [4.78, 5) is 29.4. The summed E-state index contributed by atoms with van der Waals surface area (Å²) in [5.41, 5.74) is 6.43. The molecular weight excluding hydrogens is 499 g/mol. The molecule has 1 fully saturated rings. The first-order valence-electron chi connectivity index (χ1n) is 13.3. The SMILES string of the molecule is Cc1nc(OCCCN2CCCC2=O)ccc1-c1ccc(F)c(COc2ccc3c(c2)C[C@H]2C(C(=O)O)=C32)c1. The van der Waals surface area contributed by atoms with Crippen molar-refractivity contribution in [1.82, 2.24) is 9.88 Å². The van der Waals surface area contributed by atoms with E-state index in [1.165, 1.54) is 6.07 Å². The number of fused-ring (bicyclic) bond motifs is 3. The van der Waals surface area contributed by atoms with Crippen LogP contribution in [0.3, 0.4) is 0 Å². The molecule has 7 nitrogen and oxygen atoms in total. The molecule has 200 valence electrons. The van der Waals surface area contributed by atoms with E-state index in [1.807, 2.05) is 42.2 Å². The van der Waals surface area contributed by atoms with Gasteiger partial charge in [0.2, 0.25) is 11.8 Å². The molecular formula is C31H29FN2O5. The minimum absolute atomic E-state index is 0.0242. The number of pyridine rings is 1. The van der Waals surface area contributed by atoms with Crippen molar-refractivity contribution in [3.8, 4) is 22.8 Å². The van der Waals surface area contributed by atoms with Crippen molar-refractivity contribution in [2.75, 3.05) is 19.7 Å². The molecule has 0 spiro atoms. The molecule has 6 rings (SSSR count). The van der Waals surface area contributed by atoms with Crippen LogP contribution in [0.25, 0.3) is 16.7 Å².